The summed E-state index contributed by atoms with van der Waals surface area (Å²) in [4.78, 5) is 7.56. The van der Waals surface area contributed by atoms with Crippen LogP contribution >= 0.6 is 0 Å². The fraction of sp³-hybridized carbons (Fsp3) is 0.500. The molecular weight excluding hydrogens is 449 g/mol. The molecule has 0 aliphatic carbocycles. The number of anilines is 1. The molecule has 36 heavy (non-hydrogen) atoms. The van der Waals surface area contributed by atoms with Crippen molar-refractivity contribution >= 4 is 5.82 Å². The highest BCUT2D eigenvalue weighted by Gasteiger charge is 2.27. The fourth-order valence-electron chi connectivity index (χ4n) is 5.17. The van der Waals surface area contributed by atoms with Gasteiger partial charge in [-0.1, -0.05) is 37.6 Å². The Morgan fingerprint density at radius 1 is 0.944 bits per heavy atom. The average molecular weight is 492 g/mol. The van der Waals surface area contributed by atoms with Crippen LogP contribution in [0.4, 0.5) is 10.2 Å². The smallest absolute Gasteiger partial charge is 0.137 e. The van der Waals surface area contributed by atoms with Gasteiger partial charge in [0.1, 0.15) is 11.6 Å². The van der Waals surface area contributed by atoms with Gasteiger partial charge in [0.05, 0.1) is 11.4 Å². The van der Waals surface area contributed by atoms with Crippen LogP contribution in [0.25, 0.3) is 5.69 Å². The Bertz CT molecular complexity index is 1140. The number of likely N-dealkylation sites (N-methyl/N-ethyl adjacent to an activating group) is 1. The fourth-order valence-corrected chi connectivity index (χ4v) is 5.17. The standard InChI is InChI=1S/C30H42FN5/c1-7-24(5)35(20-26-10-9-22(3)19-23(26)4)21-29-25(6)32-36(28-13-11-27(31)12-14-28)30(29)34-17-15-33(8-2)16-18-34/h9-14,19,24H,7-8,15-18,20-21H2,1-6H3. The van der Waals surface area contributed by atoms with E-state index in [0.29, 0.717) is 6.04 Å². The van der Waals surface area contributed by atoms with Crippen LogP contribution in [0.15, 0.2) is 42.5 Å². The van der Waals surface area contributed by atoms with E-state index in [9.17, 15) is 4.39 Å². The monoisotopic (exact) mass is 491 g/mol. The van der Waals surface area contributed by atoms with E-state index in [1.54, 1.807) is 0 Å². The summed E-state index contributed by atoms with van der Waals surface area (Å²) in [6.07, 6.45) is 1.08. The van der Waals surface area contributed by atoms with E-state index in [4.69, 9.17) is 5.10 Å². The van der Waals surface area contributed by atoms with Crippen LogP contribution in [0.2, 0.25) is 0 Å². The van der Waals surface area contributed by atoms with Gasteiger partial charge in [-0.2, -0.15) is 5.10 Å². The summed E-state index contributed by atoms with van der Waals surface area (Å²) in [5.41, 5.74) is 7.25. The second-order valence-electron chi connectivity index (χ2n) is 10.3. The van der Waals surface area contributed by atoms with Gasteiger partial charge in [-0.15, -0.1) is 0 Å². The summed E-state index contributed by atoms with van der Waals surface area (Å²) in [6, 6.07) is 13.9. The van der Waals surface area contributed by atoms with Gasteiger partial charge >= 0.3 is 0 Å². The number of hydrogen-bond acceptors (Lipinski definition) is 4. The predicted molar refractivity (Wildman–Crippen MR) is 148 cm³/mol. The Kier molecular flexibility index (Phi) is 8.47. The van der Waals surface area contributed by atoms with Crippen LogP contribution in [0.3, 0.4) is 0 Å². The minimum absolute atomic E-state index is 0.225. The van der Waals surface area contributed by atoms with Crippen molar-refractivity contribution < 1.29 is 4.39 Å². The van der Waals surface area contributed by atoms with E-state index < -0.39 is 0 Å². The molecule has 0 spiro atoms. The zero-order valence-electron chi connectivity index (χ0n) is 22.9. The van der Waals surface area contributed by atoms with Gasteiger partial charge in [-0.3, -0.25) is 4.90 Å². The van der Waals surface area contributed by atoms with Crippen molar-refractivity contribution in [2.24, 2.45) is 0 Å². The number of halogens is 1. The topological polar surface area (TPSA) is 27.5 Å². The van der Waals surface area contributed by atoms with Crippen molar-refractivity contribution in [3.05, 3.63) is 76.2 Å². The van der Waals surface area contributed by atoms with Gasteiger partial charge in [-0.05, 0) is 76.1 Å². The molecule has 2 aromatic carbocycles. The molecule has 0 N–H and O–H groups in total. The van der Waals surface area contributed by atoms with Gasteiger partial charge in [-0.25, -0.2) is 9.07 Å². The number of rotatable bonds is 9. The van der Waals surface area contributed by atoms with E-state index in [1.807, 2.05) is 16.8 Å². The van der Waals surface area contributed by atoms with Crippen molar-refractivity contribution in [2.75, 3.05) is 37.6 Å². The zero-order chi connectivity index (χ0) is 25.8. The first kappa shape index (κ1) is 26.4. The molecule has 2 heterocycles. The third kappa shape index (κ3) is 5.81. The minimum atomic E-state index is -0.225. The average Bonchev–Trinajstić information content (AvgIpc) is 3.20. The maximum Gasteiger partial charge on any atom is 0.137 e. The first-order chi connectivity index (χ1) is 17.3. The maximum absolute atomic E-state index is 13.7. The predicted octanol–water partition coefficient (Wildman–Crippen LogP) is 5.88. The molecule has 0 saturated carbocycles. The lowest BCUT2D eigenvalue weighted by Crippen LogP contribution is -2.47. The highest BCUT2D eigenvalue weighted by molar-refractivity contribution is 5.56. The largest absolute Gasteiger partial charge is 0.354 e. The lowest BCUT2D eigenvalue weighted by Gasteiger charge is -2.37. The van der Waals surface area contributed by atoms with E-state index in [1.165, 1.54) is 34.4 Å². The number of piperazine rings is 1. The lowest BCUT2D eigenvalue weighted by molar-refractivity contribution is 0.185. The highest BCUT2D eigenvalue weighted by Crippen LogP contribution is 2.31. The van der Waals surface area contributed by atoms with E-state index in [-0.39, 0.29) is 5.82 Å². The van der Waals surface area contributed by atoms with Gasteiger partial charge in [0.2, 0.25) is 0 Å². The molecule has 1 unspecified atom stereocenters. The first-order valence-corrected chi connectivity index (χ1v) is 13.4. The molecule has 1 aromatic heterocycles. The van der Waals surface area contributed by atoms with Crippen LogP contribution in [0.5, 0.6) is 0 Å². The van der Waals surface area contributed by atoms with Crippen LogP contribution in [0.1, 0.15) is 55.1 Å². The number of aryl methyl sites for hydroxylation is 3. The molecule has 6 heteroatoms. The van der Waals surface area contributed by atoms with Crippen molar-refractivity contribution in [3.8, 4) is 5.69 Å². The minimum Gasteiger partial charge on any atom is -0.354 e. The summed E-state index contributed by atoms with van der Waals surface area (Å²) in [7, 11) is 0. The van der Waals surface area contributed by atoms with E-state index in [0.717, 1.165) is 69.4 Å². The molecule has 1 saturated heterocycles. The maximum atomic E-state index is 13.7. The molecule has 4 rings (SSSR count). The van der Waals surface area contributed by atoms with E-state index >= 15 is 0 Å². The quantitative estimate of drug-likeness (QED) is 0.374. The lowest BCUT2D eigenvalue weighted by atomic mass is 10.0. The van der Waals surface area contributed by atoms with Crippen molar-refractivity contribution in [2.45, 2.75) is 67.1 Å². The van der Waals surface area contributed by atoms with Gasteiger partial charge in [0, 0.05) is 50.9 Å². The van der Waals surface area contributed by atoms with Crippen molar-refractivity contribution in [1.82, 2.24) is 19.6 Å². The second kappa shape index (κ2) is 11.6. The summed E-state index contributed by atoms with van der Waals surface area (Å²) < 4.78 is 15.8. The Balaban J connectivity index is 1.73. The Labute approximate surface area is 216 Å². The van der Waals surface area contributed by atoms with Crippen molar-refractivity contribution in [1.29, 1.82) is 0 Å². The van der Waals surface area contributed by atoms with Crippen LogP contribution < -0.4 is 4.90 Å². The third-order valence-corrected chi connectivity index (χ3v) is 7.79. The molecule has 1 atom stereocenters. The number of aromatic nitrogens is 2. The summed E-state index contributed by atoms with van der Waals surface area (Å²) in [5, 5.41) is 5.01. The van der Waals surface area contributed by atoms with Gasteiger partial charge in [0.25, 0.3) is 0 Å². The summed E-state index contributed by atoms with van der Waals surface area (Å²) in [6.45, 7) is 20.1. The number of nitrogens with zero attached hydrogens (tertiary/aromatic N) is 5. The Morgan fingerprint density at radius 3 is 2.25 bits per heavy atom. The van der Waals surface area contributed by atoms with Crippen LogP contribution in [-0.2, 0) is 13.1 Å². The van der Waals surface area contributed by atoms with Crippen LogP contribution in [-0.4, -0.2) is 58.3 Å². The molecule has 3 aromatic rings. The molecule has 5 nitrogen and oxygen atoms in total. The SMILES string of the molecule is CCC(C)N(Cc1ccc(C)cc1C)Cc1c(C)nn(-c2ccc(F)cc2)c1N1CCN(CC)CC1. The first-order valence-electron chi connectivity index (χ1n) is 13.4. The van der Waals surface area contributed by atoms with Gasteiger partial charge < -0.3 is 9.80 Å². The van der Waals surface area contributed by atoms with E-state index in [2.05, 4.69) is 74.4 Å². The summed E-state index contributed by atoms with van der Waals surface area (Å²) >= 11 is 0. The van der Waals surface area contributed by atoms with Crippen molar-refractivity contribution in [3.63, 3.8) is 0 Å². The Hall–Kier alpha value is -2.70. The molecule has 194 valence electrons. The number of hydrogen-bond donors (Lipinski definition) is 0. The Morgan fingerprint density at radius 2 is 1.64 bits per heavy atom. The molecule has 1 fully saturated rings. The van der Waals surface area contributed by atoms with Crippen LogP contribution in [0, 0.1) is 26.6 Å². The summed E-state index contributed by atoms with van der Waals surface area (Å²) in [5.74, 6) is 0.932. The second-order valence-corrected chi connectivity index (χ2v) is 10.3. The van der Waals surface area contributed by atoms with Gasteiger partial charge in [0.15, 0.2) is 0 Å². The normalized spacial score (nSPS) is 15.6. The highest BCUT2D eigenvalue weighted by atomic mass is 19.1. The molecule has 0 amide bonds. The number of benzene rings is 2. The molecule has 0 radical (unpaired) electrons. The third-order valence-electron chi connectivity index (χ3n) is 7.79. The molecule has 1 aliphatic heterocycles. The zero-order valence-corrected chi connectivity index (χ0v) is 22.9. The molecule has 0 bridgehead atoms. The molecular formula is C30H42FN5. The molecule has 1 aliphatic rings.